The average molecular weight is 252 g/mol. The molecule has 17 heavy (non-hydrogen) atoms. The second kappa shape index (κ2) is 5.65. The highest BCUT2D eigenvalue weighted by molar-refractivity contribution is 7.10. The topological polar surface area (TPSA) is 55.1 Å². The van der Waals surface area contributed by atoms with Gasteiger partial charge in [0.05, 0.1) is 0 Å². The predicted octanol–water partition coefficient (Wildman–Crippen LogP) is 2.44. The van der Waals surface area contributed by atoms with Crippen molar-refractivity contribution >= 4 is 17.2 Å². The van der Waals surface area contributed by atoms with Crippen LogP contribution in [0.2, 0.25) is 0 Å². The molecule has 1 aromatic heterocycles. The summed E-state index contributed by atoms with van der Waals surface area (Å²) in [6, 6.07) is 3.57. The van der Waals surface area contributed by atoms with Crippen LogP contribution in [-0.4, -0.2) is 11.9 Å². The fraction of sp³-hybridized carbons (Fsp3) is 0.615. The van der Waals surface area contributed by atoms with E-state index in [-0.39, 0.29) is 11.9 Å². The van der Waals surface area contributed by atoms with Crippen LogP contribution in [0.3, 0.4) is 0 Å². The molecule has 94 valence electrons. The molecule has 3 N–H and O–H groups in total. The lowest BCUT2D eigenvalue weighted by Gasteiger charge is -2.22. The molecule has 1 saturated carbocycles. The first kappa shape index (κ1) is 12.6. The lowest BCUT2D eigenvalue weighted by atomic mass is 9.99. The number of carbonyl (C=O) groups is 1. The summed E-state index contributed by atoms with van der Waals surface area (Å²) >= 11 is 1.53. The zero-order valence-corrected chi connectivity index (χ0v) is 11.0. The number of hydrogen-bond acceptors (Lipinski definition) is 3. The van der Waals surface area contributed by atoms with Crippen molar-refractivity contribution in [3.05, 3.63) is 22.4 Å². The molecule has 1 aromatic rings. The fourth-order valence-corrected chi connectivity index (χ4v) is 3.21. The minimum Gasteiger partial charge on any atom is -0.352 e. The van der Waals surface area contributed by atoms with Gasteiger partial charge in [0.2, 0.25) is 5.91 Å². The molecule has 1 amide bonds. The van der Waals surface area contributed by atoms with Crippen LogP contribution in [0.15, 0.2) is 17.5 Å². The molecular formula is C13H20N2OS. The van der Waals surface area contributed by atoms with E-state index in [1.165, 1.54) is 37.0 Å². The van der Waals surface area contributed by atoms with E-state index < -0.39 is 6.04 Å². The smallest absolute Gasteiger partial charge is 0.242 e. The molecular weight excluding hydrogens is 232 g/mol. The SMILES string of the molecule is C[C@@H](NC(=O)C(N)c1cccs1)C1CCCC1. The molecule has 0 saturated heterocycles. The third-order valence-corrected chi connectivity index (χ3v) is 4.56. The van der Waals surface area contributed by atoms with Gasteiger partial charge in [0, 0.05) is 10.9 Å². The minimum atomic E-state index is -0.515. The number of nitrogens with one attached hydrogen (secondary N) is 1. The monoisotopic (exact) mass is 252 g/mol. The maximum Gasteiger partial charge on any atom is 0.242 e. The summed E-state index contributed by atoms with van der Waals surface area (Å²) in [6.07, 6.45) is 5.05. The summed E-state index contributed by atoms with van der Waals surface area (Å²) in [6.45, 7) is 2.09. The summed E-state index contributed by atoms with van der Waals surface area (Å²) in [4.78, 5) is 12.9. The van der Waals surface area contributed by atoms with Crippen LogP contribution in [0.5, 0.6) is 0 Å². The molecule has 2 atom stereocenters. The fourth-order valence-electron chi connectivity index (χ4n) is 2.49. The second-order valence-corrected chi connectivity index (χ2v) is 5.81. The van der Waals surface area contributed by atoms with Gasteiger partial charge in [-0.15, -0.1) is 11.3 Å². The van der Waals surface area contributed by atoms with Gasteiger partial charge in [-0.3, -0.25) is 4.79 Å². The molecule has 1 aliphatic rings. The standard InChI is InChI=1S/C13H20N2OS/c1-9(10-5-2-3-6-10)15-13(16)12(14)11-7-4-8-17-11/h4,7-10,12H,2-3,5-6,14H2,1H3,(H,15,16)/t9-,12?/m1/s1. The number of amides is 1. The minimum absolute atomic E-state index is 0.0492. The maximum absolute atomic E-state index is 12.0. The zero-order valence-electron chi connectivity index (χ0n) is 10.2. The highest BCUT2D eigenvalue weighted by Crippen LogP contribution is 2.27. The third-order valence-electron chi connectivity index (χ3n) is 3.61. The number of rotatable bonds is 4. The van der Waals surface area contributed by atoms with Gasteiger partial charge in [-0.2, -0.15) is 0 Å². The summed E-state index contributed by atoms with van der Waals surface area (Å²) in [7, 11) is 0. The van der Waals surface area contributed by atoms with Crippen molar-refractivity contribution in [3.63, 3.8) is 0 Å². The van der Waals surface area contributed by atoms with E-state index in [1.807, 2.05) is 17.5 Å². The molecule has 0 aromatic carbocycles. The largest absolute Gasteiger partial charge is 0.352 e. The quantitative estimate of drug-likeness (QED) is 0.864. The molecule has 3 nitrogen and oxygen atoms in total. The number of nitrogens with two attached hydrogens (primary N) is 1. The first-order chi connectivity index (χ1) is 8.18. The van der Waals surface area contributed by atoms with Crippen molar-refractivity contribution in [3.8, 4) is 0 Å². The first-order valence-electron chi connectivity index (χ1n) is 6.28. The lowest BCUT2D eigenvalue weighted by Crippen LogP contribution is -2.42. The molecule has 0 aliphatic heterocycles. The van der Waals surface area contributed by atoms with Crippen LogP contribution >= 0.6 is 11.3 Å². The van der Waals surface area contributed by atoms with Gasteiger partial charge >= 0.3 is 0 Å². The molecule has 0 bridgehead atoms. The Hall–Kier alpha value is -0.870. The van der Waals surface area contributed by atoms with Crippen molar-refractivity contribution in [2.45, 2.75) is 44.7 Å². The van der Waals surface area contributed by atoms with E-state index >= 15 is 0 Å². The van der Waals surface area contributed by atoms with Crippen molar-refractivity contribution in [2.24, 2.45) is 11.7 Å². The molecule has 1 heterocycles. The molecule has 2 rings (SSSR count). The Labute approximate surface area is 106 Å². The van der Waals surface area contributed by atoms with Crippen LogP contribution in [0.1, 0.15) is 43.5 Å². The zero-order chi connectivity index (χ0) is 12.3. The highest BCUT2D eigenvalue weighted by atomic mass is 32.1. The number of carbonyl (C=O) groups excluding carboxylic acids is 1. The first-order valence-corrected chi connectivity index (χ1v) is 7.16. The molecule has 0 spiro atoms. The van der Waals surface area contributed by atoms with Crippen molar-refractivity contribution in [1.29, 1.82) is 0 Å². The van der Waals surface area contributed by atoms with Gasteiger partial charge in [0.15, 0.2) is 0 Å². The van der Waals surface area contributed by atoms with Gasteiger partial charge in [0.1, 0.15) is 6.04 Å². The van der Waals surface area contributed by atoms with Crippen LogP contribution in [-0.2, 0) is 4.79 Å². The van der Waals surface area contributed by atoms with Crippen LogP contribution < -0.4 is 11.1 Å². The Bertz CT molecular complexity index is 358. The molecule has 0 radical (unpaired) electrons. The van der Waals surface area contributed by atoms with E-state index in [0.717, 1.165) is 4.88 Å². The van der Waals surface area contributed by atoms with E-state index in [2.05, 4.69) is 12.2 Å². The van der Waals surface area contributed by atoms with Gasteiger partial charge in [-0.1, -0.05) is 18.9 Å². The third kappa shape index (κ3) is 3.07. The van der Waals surface area contributed by atoms with E-state index in [9.17, 15) is 4.79 Å². The van der Waals surface area contributed by atoms with Crippen molar-refractivity contribution in [2.75, 3.05) is 0 Å². The molecule has 1 aliphatic carbocycles. The van der Waals surface area contributed by atoms with Gasteiger partial charge in [-0.25, -0.2) is 0 Å². The van der Waals surface area contributed by atoms with Crippen molar-refractivity contribution < 1.29 is 4.79 Å². The Morgan fingerprint density at radius 3 is 2.82 bits per heavy atom. The predicted molar refractivity (Wildman–Crippen MR) is 70.8 cm³/mol. The molecule has 1 unspecified atom stereocenters. The Kier molecular flexibility index (Phi) is 4.18. The Balaban J connectivity index is 1.87. The number of hydrogen-bond donors (Lipinski definition) is 2. The Morgan fingerprint density at radius 2 is 2.24 bits per heavy atom. The second-order valence-electron chi connectivity index (χ2n) is 4.83. The maximum atomic E-state index is 12.0. The molecule has 1 fully saturated rings. The Morgan fingerprint density at radius 1 is 1.53 bits per heavy atom. The average Bonchev–Trinajstić information content (AvgIpc) is 3.00. The lowest BCUT2D eigenvalue weighted by molar-refractivity contribution is -0.123. The van der Waals surface area contributed by atoms with Crippen LogP contribution in [0.4, 0.5) is 0 Å². The van der Waals surface area contributed by atoms with E-state index in [4.69, 9.17) is 5.73 Å². The van der Waals surface area contributed by atoms with Crippen molar-refractivity contribution in [1.82, 2.24) is 5.32 Å². The van der Waals surface area contributed by atoms with Crippen LogP contribution in [0.25, 0.3) is 0 Å². The summed E-state index contributed by atoms with van der Waals surface area (Å²) in [5, 5.41) is 5.00. The highest BCUT2D eigenvalue weighted by Gasteiger charge is 2.25. The van der Waals surface area contributed by atoms with Gasteiger partial charge < -0.3 is 11.1 Å². The van der Waals surface area contributed by atoms with Crippen LogP contribution in [0, 0.1) is 5.92 Å². The molecule has 4 heteroatoms. The van der Waals surface area contributed by atoms with E-state index in [1.54, 1.807) is 0 Å². The number of thiophene rings is 1. The van der Waals surface area contributed by atoms with E-state index in [0.29, 0.717) is 5.92 Å². The van der Waals surface area contributed by atoms with Gasteiger partial charge in [0.25, 0.3) is 0 Å². The summed E-state index contributed by atoms with van der Waals surface area (Å²) < 4.78 is 0. The van der Waals surface area contributed by atoms with Gasteiger partial charge in [-0.05, 0) is 37.1 Å². The summed E-state index contributed by atoms with van der Waals surface area (Å²) in [5.74, 6) is 0.585. The summed E-state index contributed by atoms with van der Waals surface area (Å²) in [5.41, 5.74) is 5.93. The normalized spacial score (nSPS) is 20.1.